The fourth-order valence-corrected chi connectivity index (χ4v) is 4.41. The molecule has 0 spiro atoms. The Balaban J connectivity index is 1.74. The zero-order valence-corrected chi connectivity index (χ0v) is 17.2. The Morgan fingerprint density at radius 1 is 1.28 bits per heavy atom. The van der Waals surface area contributed by atoms with E-state index < -0.39 is 5.97 Å². The van der Waals surface area contributed by atoms with Crippen molar-refractivity contribution < 1.29 is 19.1 Å². The van der Waals surface area contributed by atoms with Crippen LogP contribution in [0.2, 0.25) is 0 Å². The second-order valence-electron chi connectivity index (χ2n) is 6.96. The largest absolute Gasteiger partial charge is 0.462 e. The number of amides is 2. The van der Waals surface area contributed by atoms with Gasteiger partial charge in [-0.25, -0.2) is 4.79 Å². The fourth-order valence-electron chi connectivity index (χ4n) is 3.40. The molecule has 2 heterocycles. The van der Waals surface area contributed by atoms with Crippen LogP contribution in [-0.2, 0) is 14.3 Å². The summed E-state index contributed by atoms with van der Waals surface area (Å²) in [5, 5.41) is 2.84. The molecular formula is C21H25N3O4S. The highest BCUT2D eigenvalue weighted by Gasteiger charge is 2.26. The van der Waals surface area contributed by atoms with Crippen molar-refractivity contribution in [3.05, 3.63) is 41.3 Å². The summed E-state index contributed by atoms with van der Waals surface area (Å²) in [5.74, 6) is -1.25. The van der Waals surface area contributed by atoms with E-state index in [-0.39, 0.29) is 30.9 Å². The van der Waals surface area contributed by atoms with Crippen molar-refractivity contribution in [1.29, 1.82) is 0 Å². The molecule has 3 rings (SSSR count). The first-order valence-corrected chi connectivity index (χ1v) is 10.5. The zero-order chi connectivity index (χ0) is 20.8. The molecule has 29 heavy (non-hydrogen) atoms. The first-order chi connectivity index (χ1) is 14.0. The maximum Gasteiger partial charge on any atom is 0.350 e. The highest BCUT2D eigenvalue weighted by atomic mass is 32.1. The smallest absolute Gasteiger partial charge is 0.350 e. The molecule has 1 atom stereocenters. The van der Waals surface area contributed by atoms with Gasteiger partial charge in [0.05, 0.1) is 24.8 Å². The predicted molar refractivity (Wildman–Crippen MR) is 113 cm³/mol. The van der Waals surface area contributed by atoms with E-state index in [9.17, 15) is 14.4 Å². The molecule has 154 valence electrons. The van der Waals surface area contributed by atoms with Crippen molar-refractivity contribution in [2.24, 2.45) is 11.7 Å². The molecule has 0 bridgehead atoms. The number of nitrogens with two attached hydrogens (primary N) is 1. The van der Waals surface area contributed by atoms with E-state index in [4.69, 9.17) is 10.5 Å². The number of thiophene rings is 1. The number of piperidine rings is 1. The van der Waals surface area contributed by atoms with Gasteiger partial charge in [-0.05, 0) is 37.9 Å². The number of likely N-dealkylation sites (tertiary alicyclic amines) is 1. The Morgan fingerprint density at radius 2 is 2.03 bits per heavy atom. The summed E-state index contributed by atoms with van der Waals surface area (Å²) < 4.78 is 5.15. The average molecular weight is 416 g/mol. The maximum atomic E-state index is 12.6. The number of nitrogens with zero attached hydrogens (tertiary/aromatic N) is 1. The maximum absolute atomic E-state index is 12.6. The second-order valence-corrected chi connectivity index (χ2v) is 8.02. The van der Waals surface area contributed by atoms with Gasteiger partial charge in [0.1, 0.15) is 4.88 Å². The molecule has 0 aliphatic carbocycles. The number of anilines is 1. The normalized spacial score (nSPS) is 16.9. The second kappa shape index (κ2) is 9.67. The third-order valence-corrected chi connectivity index (χ3v) is 5.96. The molecule has 3 N–H and O–H groups in total. The molecule has 1 saturated heterocycles. The zero-order valence-electron chi connectivity index (χ0n) is 16.3. The molecule has 0 radical (unpaired) electrons. The van der Waals surface area contributed by atoms with E-state index in [1.807, 2.05) is 35.2 Å². The van der Waals surface area contributed by atoms with Gasteiger partial charge in [0.15, 0.2) is 0 Å². The lowest BCUT2D eigenvalue weighted by Gasteiger charge is -2.30. The third kappa shape index (κ3) is 5.42. The Labute approximate surface area is 173 Å². The van der Waals surface area contributed by atoms with Crippen LogP contribution in [0.25, 0.3) is 10.4 Å². The summed E-state index contributed by atoms with van der Waals surface area (Å²) in [5.41, 5.74) is 6.81. The molecule has 8 heteroatoms. The van der Waals surface area contributed by atoms with Crippen LogP contribution in [-0.4, -0.2) is 48.9 Å². The summed E-state index contributed by atoms with van der Waals surface area (Å²) >= 11 is 1.29. The average Bonchev–Trinajstić information content (AvgIpc) is 3.12. The molecule has 1 fully saturated rings. The fraction of sp³-hybridized carbons (Fsp3) is 0.381. The summed E-state index contributed by atoms with van der Waals surface area (Å²) in [6, 6.07) is 11.5. The van der Waals surface area contributed by atoms with Gasteiger partial charge in [0.2, 0.25) is 11.8 Å². The van der Waals surface area contributed by atoms with Crippen LogP contribution in [0.3, 0.4) is 0 Å². The van der Waals surface area contributed by atoms with Gasteiger partial charge in [-0.3, -0.25) is 14.5 Å². The Hall–Kier alpha value is -2.71. The minimum Gasteiger partial charge on any atom is -0.462 e. The first-order valence-electron chi connectivity index (χ1n) is 9.65. The summed E-state index contributed by atoms with van der Waals surface area (Å²) in [4.78, 5) is 39.6. The van der Waals surface area contributed by atoms with E-state index >= 15 is 0 Å². The highest BCUT2D eigenvalue weighted by molar-refractivity contribution is 7.18. The minimum atomic E-state index is -0.457. The molecule has 1 aromatic carbocycles. The lowest BCUT2D eigenvalue weighted by Crippen LogP contribution is -2.44. The summed E-state index contributed by atoms with van der Waals surface area (Å²) in [6.07, 6.45) is 1.58. The standard InChI is InChI=1S/C21H25N3O4S/c1-2-28-21(27)19-16(11-17(29-19)14-7-4-3-5-8-14)23-18(25)13-24-10-6-9-15(12-24)20(22)26/h3-5,7-8,11,15H,2,6,9-10,12-13H2,1H3,(H2,22,26)(H,23,25)/t15-/m1/s1. The number of hydrogen-bond acceptors (Lipinski definition) is 6. The SMILES string of the molecule is CCOC(=O)c1sc(-c2ccccc2)cc1NC(=O)CN1CCC[C@@H](C(N)=O)C1. The third-order valence-electron chi connectivity index (χ3n) is 4.80. The molecule has 1 aromatic heterocycles. The molecule has 1 aliphatic heterocycles. The Bertz CT molecular complexity index is 881. The first kappa shape index (κ1) is 21.0. The Morgan fingerprint density at radius 3 is 2.72 bits per heavy atom. The number of hydrogen-bond donors (Lipinski definition) is 2. The van der Waals surface area contributed by atoms with E-state index in [0.717, 1.165) is 29.8 Å². The van der Waals surface area contributed by atoms with E-state index in [2.05, 4.69) is 5.32 Å². The number of carbonyl (C=O) groups excluding carboxylic acids is 3. The van der Waals surface area contributed by atoms with Crippen LogP contribution in [0.1, 0.15) is 29.4 Å². The number of nitrogens with one attached hydrogen (secondary N) is 1. The number of ether oxygens (including phenoxy) is 1. The molecule has 2 aromatic rings. The number of carbonyl (C=O) groups is 3. The van der Waals surface area contributed by atoms with Crippen molar-refractivity contribution in [2.45, 2.75) is 19.8 Å². The van der Waals surface area contributed by atoms with Crippen LogP contribution in [0, 0.1) is 5.92 Å². The lowest BCUT2D eigenvalue weighted by atomic mass is 9.97. The van der Waals surface area contributed by atoms with Crippen LogP contribution < -0.4 is 11.1 Å². The molecular weight excluding hydrogens is 390 g/mol. The minimum absolute atomic E-state index is 0.141. The van der Waals surface area contributed by atoms with Crippen LogP contribution in [0.5, 0.6) is 0 Å². The molecule has 1 aliphatic rings. The predicted octanol–water partition coefficient (Wildman–Crippen LogP) is 2.73. The number of primary amides is 1. The van der Waals surface area contributed by atoms with Crippen LogP contribution in [0.15, 0.2) is 36.4 Å². The van der Waals surface area contributed by atoms with Gasteiger partial charge in [-0.15, -0.1) is 11.3 Å². The van der Waals surface area contributed by atoms with Crippen molar-refractivity contribution in [3.8, 4) is 10.4 Å². The van der Waals surface area contributed by atoms with Crippen LogP contribution >= 0.6 is 11.3 Å². The topological polar surface area (TPSA) is 102 Å². The van der Waals surface area contributed by atoms with Crippen molar-refractivity contribution in [2.75, 3.05) is 31.6 Å². The van der Waals surface area contributed by atoms with Crippen molar-refractivity contribution in [3.63, 3.8) is 0 Å². The quantitative estimate of drug-likeness (QED) is 0.677. The van der Waals surface area contributed by atoms with Gasteiger partial charge in [0.25, 0.3) is 0 Å². The number of benzene rings is 1. The van der Waals surface area contributed by atoms with E-state index in [1.54, 1.807) is 13.0 Å². The van der Waals surface area contributed by atoms with E-state index in [0.29, 0.717) is 17.1 Å². The molecule has 2 amide bonds. The number of rotatable bonds is 7. The van der Waals surface area contributed by atoms with Gasteiger partial charge in [-0.1, -0.05) is 30.3 Å². The van der Waals surface area contributed by atoms with Gasteiger partial charge in [-0.2, -0.15) is 0 Å². The van der Waals surface area contributed by atoms with Crippen molar-refractivity contribution in [1.82, 2.24) is 4.90 Å². The highest BCUT2D eigenvalue weighted by Crippen LogP contribution is 2.35. The lowest BCUT2D eigenvalue weighted by molar-refractivity contribution is -0.125. The summed E-state index contributed by atoms with van der Waals surface area (Å²) in [7, 11) is 0. The molecule has 0 unspecified atom stereocenters. The van der Waals surface area contributed by atoms with Crippen molar-refractivity contribution >= 4 is 34.8 Å². The van der Waals surface area contributed by atoms with E-state index in [1.165, 1.54) is 11.3 Å². The van der Waals surface area contributed by atoms with Gasteiger partial charge < -0.3 is 15.8 Å². The Kier molecular flexibility index (Phi) is 7.00. The number of esters is 1. The van der Waals surface area contributed by atoms with Gasteiger partial charge in [0, 0.05) is 11.4 Å². The van der Waals surface area contributed by atoms with Gasteiger partial charge >= 0.3 is 5.97 Å². The monoisotopic (exact) mass is 415 g/mol. The molecule has 0 saturated carbocycles. The van der Waals surface area contributed by atoms with Crippen LogP contribution in [0.4, 0.5) is 5.69 Å². The molecule has 7 nitrogen and oxygen atoms in total. The summed E-state index contributed by atoms with van der Waals surface area (Å²) in [6.45, 7) is 3.36.